The van der Waals surface area contributed by atoms with Gasteiger partial charge in [0.2, 0.25) is 0 Å². The van der Waals surface area contributed by atoms with Crippen LogP contribution in [-0.4, -0.2) is 23.7 Å². The van der Waals surface area contributed by atoms with Crippen LogP contribution in [0.25, 0.3) is 6.08 Å². The Morgan fingerprint density at radius 1 is 1.19 bits per heavy atom. The molecule has 1 N–H and O–H groups in total. The Morgan fingerprint density at radius 2 is 1.90 bits per heavy atom. The molecule has 0 aliphatic carbocycles. The molecule has 0 bridgehead atoms. The van der Waals surface area contributed by atoms with E-state index in [9.17, 15) is 9.59 Å². The maximum absolute atomic E-state index is 11.4. The van der Waals surface area contributed by atoms with E-state index in [0.717, 1.165) is 5.56 Å². The van der Waals surface area contributed by atoms with Gasteiger partial charge in [-0.25, -0.2) is 9.59 Å². The van der Waals surface area contributed by atoms with Crippen LogP contribution in [0.2, 0.25) is 0 Å². The number of carboxylic acid groups (broad SMARTS) is 1. The average Bonchev–Trinajstić information content (AvgIpc) is 2.49. The van der Waals surface area contributed by atoms with E-state index < -0.39 is 11.9 Å². The Kier molecular flexibility index (Phi) is 7.29. The molecule has 0 amide bonds. The van der Waals surface area contributed by atoms with E-state index in [1.807, 2.05) is 36.4 Å². The normalized spacial score (nSPS) is 12.0. The van der Waals surface area contributed by atoms with Gasteiger partial charge in [-0.1, -0.05) is 54.6 Å². The summed E-state index contributed by atoms with van der Waals surface area (Å²) in [7, 11) is 0. The number of ether oxygens (including phenoxy) is 1. The van der Waals surface area contributed by atoms with Crippen LogP contribution in [0.4, 0.5) is 0 Å². The maximum Gasteiger partial charge on any atom is 0.330 e. The molecule has 0 spiro atoms. The van der Waals surface area contributed by atoms with Crippen molar-refractivity contribution in [3.8, 4) is 0 Å². The van der Waals surface area contributed by atoms with Crippen molar-refractivity contribution in [2.45, 2.75) is 13.3 Å². The van der Waals surface area contributed by atoms with Gasteiger partial charge in [-0.05, 0) is 12.5 Å². The molecule has 0 aromatic heterocycles. The Bertz CT molecular complexity index is 553. The molecule has 0 radical (unpaired) electrons. The maximum atomic E-state index is 11.4. The van der Waals surface area contributed by atoms with Crippen molar-refractivity contribution in [2.75, 3.05) is 6.61 Å². The second kappa shape index (κ2) is 9.31. The minimum absolute atomic E-state index is 0.163. The van der Waals surface area contributed by atoms with Gasteiger partial charge < -0.3 is 9.84 Å². The second-order valence-electron chi connectivity index (χ2n) is 4.28. The largest absolute Gasteiger partial charge is 0.478 e. The van der Waals surface area contributed by atoms with E-state index >= 15 is 0 Å². The fourth-order valence-electron chi connectivity index (χ4n) is 1.44. The number of allylic oxidation sites excluding steroid dienone is 2. The molecule has 0 saturated heterocycles. The Morgan fingerprint density at radius 3 is 2.57 bits per heavy atom. The predicted molar refractivity (Wildman–Crippen MR) is 81.6 cm³/mol. The summed E-state index contributed by atoms with van der Waals surface area (Å²) in [6, 6.07) is 9.72. The number of hydrogen-bond donors (Lipinski definition) is 1. The van der Waals surface area contributed by atoms with Gasteiger partial charge in [0.15, 0.2) is 0 Å². The average molecular weight is 286 g/mol. The van der Waals surface area contributed by atoms with Gasteiger partial charge in [0, 0.05) is 18.1 Å². The molecule has 4 heteroatoms. The molecule has 1 aromatic carbocycles. The van der Waals surface area contributed by atoms with Crippen LogP contribution in [0, 0.1) is 0 Å². The summed E-state index contributed by atoms with van der Waals surface area (Å²) in [5.74, 6) is -1.42. The number of hydrogen-bond acceptors (Lipinski definition) is 3. The molecular formula is C17H18O4. The lowest BCUT2D eigenvalue weighted by Crippen LogP contribution is -2.02. The van der Waals surface area contributed by atoms with Crippen molar-refractivity contribution in [1.82, 2.24) is 0 Å². The Hall–Kier alpha value is -2.62. The van der Waals surface area contributed by atoms with Crippen LogP contribution in [0.5, 0.6) is 0 Å². The minimum Gasteiger partial charge on any atom is -0.478 e. The number of carbonyl (C=O) groups excluding carboxylic acids is 1. The highest BCUT2D eigenvalue weighted by Gasteiger charge is 1.99. The van der Waals surface area contributed by atoms with Crippen LogP contribution in [0.3, 0.4) is 0 Å². The van der Waals surface area contributed by atoms with E-state index in [1.165, 1.54) is 19.1 Å². The summed E-state index contributed by atoms with van der Waals surface area (Å²) >= 11 is 0. The highest BCUT2D eigenvalue weighted by molar-refractivity contribution is 5.85. The number of carbonyl (C=O) groups is 2. The SMILES string of the molecule is C/C(=C\CCOC(=O)/C=C/C=C/c1ccccc1)C(=O)O. The zero-order valence-corrected chi connectivity index (χ0v) is 11.9. The van der Waals surface area contributed by atoms with Gasteiger partial charge in [0.05, 0.1) is 6.61 Å². The molecule has 0 aliphatic rings. The van der Waals surface area contributed by atoms with Gasteiger partial charge in [-0.15, -0.1) is 0 Å². The molecule has 0 atom stereocenters. The van der Waals surface area contributed by atoms with Gasteiger partial charge >= 0.3 is 11.9 Å². The quantitative estimate of drug-likeness (QED) is 0.362. The van der Waals surface area contributed by atoms with Gasteiger partial charge in [0.1, 0.15) is 0 Å². The van der Waals surface area contributed by atoms with E-state index in [2.05, 4.69) is 0 Å². The third-order valence-corrected chi connectivity index (χ3v) is 2.58. The predicted octanol–water partition coefficient (Wildman–Crippen LogP) is 3.22. The molecule has 0 saturated carbocycles. The van der Waals surface area contributed by atoms with E-state index in [-0.39, 0.29) is 12.2 Å². The van der Waals surface area contributed by atoms with E-state index in [4.69, 9.17) is 9.84 Å². The molecule has 110 valence electrons. The topological polar surface area (TPSA) is 63.6 Å². The summed E-state index contributed by atoms with van der Waals surface area (Å²) in [6.45, 7) is 1.66. The van der Waals surface area contributed by atoms with Gasteiger partial charge in [-0.2, -0.15) is 0 Å². The number of esters is 1. The first-order chi connectivity index (χ1) is 10.1. The highest BCUT2D eigenvalue weighted by atomic mass is 16.5. The molecule has 21 heavy (non-hydrogen) atoms. The first kappa shape index (κ1) is 16.4. The Balaban J connectivity index is 2.28. The molecule has 0 heterocycles. The fraction of sp³-hybridized carbons (Fsp3) is 0.176. The van der Waals surface area contributed by atoms with Crippen LogP contribution >= 0.6 is 0 Å². The van der Waals surface area contributed by atoms with Crippen molar-refractivity contribution in [1.29, 1.82) is 0 Å². The van der Waals surface area contributed by atoms with Crippen molar-refractivity contribution < 1.29 is 19.4 Å². The van der Waals surface area contributed by atoms with Crippen LogP contribution in [0.15, 0.2) is 60.2 Å². The molecule has 1 rings (SSSR count). The number of aliphatic carboxylic acids is 1. The zero-order valence-electron chi connectivity index (χ0n) is 11.9. The summed E-state index contributed by atoms with van der Waals surface area (Å²) in [4.78, 5) is 21.9. The third-order valence-electron chi connectivity index (χ3n) is 2.58. The van der Waals surface area contributed by atoms with Crippen LogP contribution in [0.1, 0.15) is 18.9 Å². The lowest BCUT2D eigenvalue weighted by molar-refractivity contribution is -0.137. The molecule has 0 unspecified atom stereocenters. The van der Waals surface area contributed by atoms with Gasteiger partial charge in [-0.3, -0.25) is 0 Å². The van der Waals surface area contributed by atoms with E-state index in [0.29, 0.717) is 6.42 Å². The first-order valence-electron chi connectivity index (χ1n) is 6.56. The molecule has 4 nitrogen and oxygen atoms in total. The third kappa shape index (κ3) is 7.52. The van der Waals surface area contributed by atoms with Crippen molar-refractivity contribution >= 4 is 18.0 Å². The first-order valence-corrected chi connectivity index (χ1v) is 6.56. The number of rotatable bonds is 7. The van der Waals surface area contributed by atoms with Gasteiger partial charge in [0.25, 0.3) is 0 Å². The van der Waals surface area contributed by atoms with Crippen LogP contribution in [-0.2, 0) is 14.3 Å². The molecule has 0 aliphatic heterocycles. The minimum atomic E-state index is -0.965. The molecule has 1 aromatic rings. The van der Waals surface area contributed by atoms with Crippen molar-refractivity contribution in [3.05, 3.63) is 65.8 Å². The number of carboxylic acids is 1. The second-order valence-corrected chi connectivity index (χ2v) is 4.28. The Labute approximate surface area is 124 Å². The van der Waals surface area contributed by atoms with Crippen LogP contribution < -0.4 is 0 Å². The smallest absolute Gasteiger partial charge is 0.330 e. The lowest BCUT2D eigenvalue weighted by Gasteiger charge is -1.98. The fourth-order valence-corrected chi connectivity index (χ4v) is 1.44. The summed E-state index contributed by atoms with van der Waals surface area (Å²) in [5, 5.41) is 8.63. The molecular weight excluding hydrogens is 268 g/mol. The summed E-state index contributed by atoms with van der Waals surface area (Å²) in [6.07, 6.45) is 8.47. The van der Waals surface area contributed by atoms with Crippen molar-refractivity contribution in [3.63, 3.8) is 0 Å². The lowest BCUT2D eigenvalue weighted by atomic mass is 10.2. The standard InChI is InChI=1S/C17H18O4/c1-14(17(19)20)8-7-13-21-16(18)12-6-5-11-15-9-3-2-4-10-15/h2-6,8-12H,7,13H2,1H3,(H,19,20)/b11-5+,12-6+,14-8+. The zero-order chi connectivity index (χ0) is 15.5. The summed E-state index contributed by atoms with van der Waals surface area (Å²) in [5.41, 5.74) is 1.29. The number of benzene rings is 1. The highest BCUT2D eigenvalue weighted by Crippen LogP contribution is 2.01. The van der Waals surface area contributed by atoms with E-state index in [1.54, 1.807) is 12.2 Å². The monoisotopic (exact) mass is 286 g/mol. The molecule has 0 fully saturated rings. The van der Waals surface area contributed by atoms with Crippen molar-refractivity contribution in [2.24, 2.45) is 0 Å². The summed E-state index contributed by atoms with van der Waals surface area (Å²) < 4.78 is 4.93.